The third-order valence-corrected chi connectivity index (χ3v) is 4.34. The fourth-order valence-electron chi connectivity index (χ4n) is 2.97. The highest BCUT2D eigenvalue weighted by Crippen LogP contribution is 2.34. The van der Waals surface area contributed by atoms with Crippen LogP contribution in [0.25, 0.3) is 0 Å². The zero-order valence-electron chi connectivity index (χ0n) is 12.2. The van der Waals surface area contributed by atoms with E-state index in [0.29, 0.717) is 5.92 Å². The fourth-order valence-corrected chi connectivity index (χ4v) is 2.97. The smallest absolute Gasteiger partial charge is 0.122 e. The number of para-hydroxylation sites is 1. The molecule has 4 nitrogen and oxygen atoms in total. The lowest BCUT2D eigenvalue weighted by Gasteiger charge is -2.25. The van der Waals surface area contributed by atoms with Gasteiger partial charge in [-0.05, 0) is 37.0 Å². The van der Waals surface area contributed by atoms with Gasteiger partial charge in [0.15, 0.2) is 0 Å². The highest BCUT2D eigenvalue weighted by atomic mass is 16.5. The molecule has 1 saturated carbocycles. The van der Waals surface area contributed by atoms with E-state index in [1.807, 2.05) is 6.07 Å². The van der Waals surface area contributed by atoms with E-state index in [1.54, 1.807) is 0 Å². The first-order chi connectivity index (χ1) is 10.4. The van der Waals surface area contributed by atoms with E-state index in [9.17, 15) is 0 Å². The van der Waals surface area contributed by atoms with Crippen molar-refractivity contribution in [2.24, 2.45) is 0 Å². The first-order valence-corrected chi connectivity index (χ1v) is 7.86. The summed E-state index contributed by atoms with van der Waals surface area (Å²) in [4.78, 5) is 0. The van der Waals surface area contributed by atoms with Gasteiger partial charge in [0.05, 0.1) is 12.3 Å². The molecule has 2 aromatic rings. The maximum atomic E-state index is 5.73. The molecule has 1 N–H and O–H groups in total. The van der Waals surface area contributed by atoms with Crippen LogP contribution < -0.4 is 10.1 Å². The minimum atomic E-state index is 0.499. The summed E-state index contributed by atoms with van der Waals surface area (Å²) in [6, 6.07) is 11.2. The summed E-state index contributed by atoms with van der Waals surface area (Å²) < 4.78 is 7.81. The van der Waals surface area contributed by atoms with Crippen molar-refractivity contribution in [3.63, 3.8) is 0 Å². The summed E-state index contributed by atoms with van der Waals surface area (Å²) in [6.45, 7) is 2.63. The molecule has 0 saturated heterocycles. The molecule has 4 heteroatoms. The number of benzene rings is 1. The standard InChI is InChI=1S/C17H21N3O/c1-2-4-17-16(3-1)13(8-10-21-17)12-20-9-7-15(19-20)11-18-14-5-6-14/h1-4,7,9,13-14,18H,5-6,8,10-12H2. The van der Waals surface area contributed by atoms with Gasteiger partial charge in [-0.3, -0.25) is 4.68 Å². The summed E-state index contributed by atoms with van der Waals surface area (Å²) in [5.74, 6) is 1.54. The highest BCUT2D eigenvalue weighted by molar-refractivity contribution is 5.37. The lowest BCUT2D eigenvalue weighted by atomic mass is 9.93. The van der Waals surface area contributed by atoms with E-state index in [-0.39, 0.29) is 0 Å². The Morgan fingerprint density at radius 3 is 3.00 bits per heavy atom. The Bertz CT molecular complexity index is 618. The number of fused-ring (bicyclic) bond motifs is 1. The van der Waals surface area contributed by atoms with Crippen molar-refractivity contribution in [3.05, 3.63) is 47.8 Å². The molecule has 2 heterocycles. The van der Waals surface area contributed by atoms with Crippen LogP contribution in [-0.2, 0) is 13.1 Å². The Morgan fingerprint density at radius 1 is 1.19 bits per heavy atom. The van der Waals surface area contributed by atoms with Crippen LogP contribution in [0.1, 0.15) is 36.4 Å². The molecule has 1 fully saturated rings. The Labute approximate surface area is 125 Å². The molecule has 4 rings (SSSR count). The quantitative estimate of drug-likeness (QED) is 0.917. The van der Waals surface area contributed by atoms with E-state index in [1.165, 1.54) is 18.4 Å². The summed E-state index contributed by atoms with van der Waals surface area (Å²) in [6.07, 6.45) is 5.80. The average molecular weight is 283 g/mol. The summed E-state index contributed by atoms with van der Waals surface area (Å²) in [7, 11) is 0. The van der Waals surface area contributed by atoms with Gasteiger partial charge in [0.2, 0.25) is 0 Å². The zero-order valence-corrected chi connectivity index (χ0v) is 12.2. The molecule has 0 radical (unpaired) electrons. The minimum Gasteiger partial charge on any atom is -0.493 e. The third-order valence-electron chi connectivity index (χ3n) is 4.34. The summed E-state index contributed by atoms with van der Waals surface area (Å²) in [5, 5.41) is 8.20. The number of rotatable bonds is 5. The van der Waals surface area contributed by atoms with Crippen LogP contribution in [0.15, 0.2) is 36.5 Å². The van der Waals surface area contributed by atoms with Gasteiger partial charge in [-0.2, -0.15) is 5.10 Å². The number of hydrogen-bond acceptors (Lipinski definition) is 3. The molecule has 0 spiro atoms. The summed E-state index contributed by atoms with van der Waals surface area (Å²) >= 11 is 0. The van der Waals surface area contributed by atoms with Gasteiger partial charge in [-0.25, -0.2) is 0 Å². The molecular formula is C17H21N3O. The fraction of sp³-hybridized carbons (Fsp3) is 0.471. The first-order valence-electron chi connectivity index (χ1n) is 7.86. The van der Waals surface area contributed by atoms with Crippen molar-refractivity contribution in [1.29, 1.82) is 0 Å². The molecule has 1 aromatic heterocycles. The zero-order chi connectivity index (χ0) is 14.1. The monoisotopic (exact) mass is 283 g/mol. The first kappa shape index (κ1) is 12.9. The Balaban J connectivity index is 1.44. The van der Waals surface area contributed by atoms with Gasteiger partial charge in [0.1, 0.15) is 5.75 Å². The molecule has 2 aliphatic rings. The van der Waals surface area contributed by atoms with Crippen LogP contribution in [0.2, 0.25) is 0 Å². The van der Waals surface area contributed by atoms with Crippen molar-refractivity contribution < 1.29 is 4.74 Å². The predicted molar refractivity (Wildman–Crippen MR) is 81.4 cm³/mol. The van der Waals surface area contributed by atoms with Crippen LogP contribution in [0.4, 0.5) is 0 Å². The van der Waals surface area contributed by atoms with Crippen LogP contribution in [0.3, 0.4) is 0 Å². The van der Waals surface area contributed by atoms with E-state index in [2.05, 4.69) is 40.5 Å². The second-order valence-corrected chi connectivity index (χ2v) is 6.06. The second kappa shape index (κ2) is 5.53. The number of nitrogens with one attached hydrogen (secondary N) is 1. The molecule has 1 aliphatic heterocycles. The van der Waals surface area contributed by atoms with Crippen LogP contribution in [0, 0.1) is 0 Å². The summed E-state index contributed by atoms with van der Waals surface area (Å²) in [5.41, 5.74) is 2.46. The molecule has 0 bridgehead atoms. The Kier molecular flexibility index (Phi) is 3.39. The number of hydrogen-bond donors (Lipinski definition) is 1. The Hall–Kier alpha value is -1.81. The molecule has 1 aromatic carbocycles. The van der Waals surface area contributed by atoms with E-state index >= 15 is 0 Å². The lowest BCUT2D eigenvalue weighted by molar-refractivity contribution is 0.256. The van der Waals surface area contributed by atoms with Gasteiger partial charge >= 0.3 is 0 Å². The van der Waals surface area contributed by atoms with Crippen molar-refractivity contribution >= 4 is 0 Å². The van der Waals surface area contributed by atoms with Crippen molar-refractivity contribution in [2.45, 2.75) is 44.3 Å². The van der Waals surface area contributed by atoms with Crippen molar-refractivity contribution in [3.8, 4) is 5.75 Å². The van der Waals surface area contributed by atoms with E-state index in [4.69, 9.17) is 9.84 Å². The third kappa shape index (κ3) is 2.95. The number of ether oxygens (including phenoxy) is 1. The largest absolute Gasteiger partial charge is 0.493 e. The molecule has 1 atom stereocenters. The molecule has 1 aliphatic carbocycles. The maximum absolute atomic E-state index is 5.73. The molecule has 110 valence electrons. The van der Waals surface area contributed by atoms with E-state index < -0.39 is 0 Å². The van der Waals surface area contributed by atoms with Crippen LogP contribution >= 0.6 is 0 Å². The average Bonchev–Trinajstić information content (AvgIpc) is 3.25. The van der Waals surface area contributed by atoms with Gasteiger partial charge in [0.25, 0.3) is 0 Å². The molecule has 0 amide bonds. The highest BCUT2D eigenvalue weighted by Gasteiger charge is 2.22. The molecular weight excluding hydrogens is 262 g/mol. The van der Waals surface area contributed by atoms with Crippen molar-refractivity contribution in [2.75, 3.05) is 6.61 Å². The van der Waals surface area contributed by atoms with Crippen LogP contribution in [-0.4, -0.2) is 22.4 Å². The van der Waals surface area contributed by atoms with Crippen molar-refractivity contribution in [1.82, 2.24) is 15.1 Å². The molecule has 1 unspecified atom stereocenters. The van der Waals surface area contributed by atoms with Gasteiger partial charge in [-0.15, -0.1) is 0 Å². The topological polar surface area (TPSA) is 39.1 Å². The second-order valence-electron chi connectivity index (χ2n) is 6.06. The normalized spacial score (nSPS) is 20.9. The number of nitrogens with zero attached hydrogens (tertiary/aromatic N) is 2. The van der Waals surface area contributed by atoms with Gasteiger partial charge in [-0.1, -0.05) is 18.2 Å². The SMILES string of the molecule is c1ccc2c(c1)OCCC2Cn1ccc(CNC2CC2)n1. The van der Waals surface area contributed by atoms with Gasteiger partial charge in [0, 0.05) is 31.2 Å². The predicted octanol–water partition coefficient (Wildman–Crippen LogP) is 2.70. The maximum Gasteiger partial charge on any atom is 0.122 e. The van der Waals surface area contributed by atoms with Gasteiger partial charge < -0.3 is 10.1 Å². The Morgan fingerprint density at radius 2 is 2.10 bits per heavy atom. The minimum absolute atomic E-state index is 0.499. The van der Waals surface area contributed by atoms with E-state index in [0.717, 1.165) is 43.6 Å². The molecule has 21 heavy (non-hydrogen) atoms. The van der Waals surface area contributed by atoms with Crippen LogP contribution in [0.5, 0.6) is 5.75 Å². The lowest BCUT2D eigenvalue weighted by Crippen LogP contribution is -2.19. The number of aromatic nitrogens is 2.